The zero-order chi connectivity index (χ0) is 51.5. The molecule has 4 heterocycles. The molecule has 1 aliphatic rings. The van der Waals surface area contributed by atoms with Gasteiger partial charge in [-0.1, -0.05) is 119 Å². The zero-order valence-electron chi connectivity index (χ0n) is 46.3. The van der Waals surface area contributed by atoms with Gasteiger partial charge >= 0.3 is 0 Å². The fraction of sp³-hybridized carbons (Fsp3) is 0.296. The van der Waals surface area contributed by atoms with Crippen molar-refractivity contribution in [3.05, 3.63) is 156 Å². The van der Waals surface area contributed by atoms with Crippen molar-refractivity contribution in [1.82, 2.24) is 19.9 Å². The molecule has 8 aromatic rings. The Labute approximate surface area is 386 Å². The van der Waals surface area contributed by atoms with Gasteiger partial charge in [0.15, 0.2) is 0 Å². The topological polar surface area (TPSA) is 64.7 Å². The fourth-order valence-corrected chi connectivity index (χ4v) is 7.49. The predicted octanol–water partition coefficient (Wildman–Crippen LogP) is 14.3. The van der Waals surface area contributed by atoms with Crippen LogP contribution in [0.1, 0.15) is 111 Å². The van der Waals surface area contributed by atoms with E-state index in [0.29, 0.717) is 52.1 Å². The van der Waals surface area contributed by atoms with E-state index in [9.17, 15) is 1.37 Å². The standard InChI is InChI=1S/C39H36NO.C15H18N3.Ir/c1-25-21-29(28-17-19-39(3,4)20-18-28)13-15-31(25)35-23-36(40-24-26(35)2)34-12-8-11-33-32-16-14-30(22-37(32)41-38(33)34)27-9-6-5-7-10-27;1-11-5-6-12(8-16-11)14-10-17-13(9-18-14)7-15(2,3)4;/h5-11,13-16,21-24,28H,17-20H2,1-4H3;5-6,9-10H,7H2,1-4H3;/q2*-1;/i1D3,2D3,28D;1D3,7D2;. The van der Waals surface area contributed by atoms with Crippen LogP contribution in [0.2, 0.25) is 0 Å². The number of aromatic nitrogens is 4. The molecule has 6 heteroatoms. The van der Waals surface area contributed by atoms with Gasteiger partial charge in [0.2, 0.25) is 0 Å². The van der Waals surface area contributed by atoms with Crippen LogP contribution in [0.5, 0.6) is 0 Å². The van der Waals surface area contributed by atoms with Crippen molar-refractivity contribution in [2.75, 3.05) is 0 Å². The number of benzene rings is 4. The molecule has 0 amide bonds. The van der Waals surface area contributed by atoms with E-state index in [4.69, 9.17) is 19.5 Å². The average Bonchev–Trinajstić information content (AvgIpc) is 3.70. The molecule has 307 valence electrons. The molecule has 1 radical (unpaired) electrons. The van der Waals surface area contributed by atoms with Crippen LogP contribution in [0.15, 0.2) is 120 Å². The first-order chi connectivity index (χ1) is 33.1. The molecule has 0 spiro atoms. The molecule has 1 fully saturated rings. The molecule has 0 bridgehead atoms. The van der Waals surface area contributed by atoms with Gasteiger partial charge in [-0.3, -0.25) is 4.98 Å². The number of nitrogens with zero attached hydrogens (tertiary/aromatic N) is 4. The molecule has 1 aliphatic carbocycles. The molecule has 4 aromatic heterocycles. The van der Waals surface area contributed by atoms with Crippen LogP contribution in [-0.2, 0) is 26.5 Å². The maximum absolute atomic E-state index is 9.29. The number of rotatable bonds is 6. The predicted molar refractivity (Wildman–Crippen MR) is 243 cm³/mol. The minimum absolute atomic E-state index is 0. The Morgan fingerprint density at radius 3 is 2.28 bits per heavy atom. The van der Waals surface area contributed by atoms with Crippen molar-refractivity contribution in [2.24, 2.45) is 10.8 Å². The molecular formula is C54H54IrN4O-2. The summed E-state index contributed by atoms with van der Waals surface area (Å²) in [5.41, 5.74) is 6.19. The van der Waals surface area contributed by atoms with Crippen molar-refractivity contribution in [3.63, 3.8) is 0 Å². The van der Waals surface area contributed by atoms with Crippen LogP contribution in [0.25, 0.3) is 66.7 Å². The third-order valence-corrected chi connectivity index (χ3v) is 10.8. The Morgan fingerprint density at radius 1 is 0.783 bits per heavy atom. The van der Waals surface area contributed by atoms with Gasteiger partial charge in [0, 0.05) is 66.2 Å². The van der Waals surface area contributed by atoms with Crippen LogP contribution in [-0.4, -0.2) is 19.9 Å². The monoisotopic (exact) mass is 979 g/mol. The quantitative estimate of drug-likeness (QED) is 0.155. The summed E-state index contributed by atoms with van der Waals surface area (Å²) in [6.45, 7) is 2.42. The molecule has 60 heavy (non-hydrogen) atoms. The second kappa shape index (κ2) is 17.7. The molecule has 1 saturated carbocycles. The van der Waals surface area contributed by atoms with E-state index in [1.165, 1.54) is 24.7 Å². The van der Waals surface area contributed by atoms with E-state index in [1.807, 2.05) is 48.5 Å². The van der Waals surface area contributed by atoms with Crippen molar-refractivity contribution >= 4 is 21.9 Å². The molecular weight excluding hydrogens is 913 g/mol. The number of furan rings is 1. The Balaban J connectivity index is 0.000000267. The van der Waals surface area contributed by atoms with Gasteiger partial charge in [-0.15, -0.1) is 35.9 Å². The van der Waals surface area contributed by atoms with E-state index in [0.717, 1.165) is 34.7 Å². The summed E-state index contributed by atoms with van der Waals surface area (Å²) < 4.78 is 104. The number of pyridine rings is 2. The number of fused-ring (bicyclic) bond motifs is 3. The molecule has 0 unspecified atom stereocenters. The van der Waals surface area contributed by atoms with Crippen LogP contribution < -0.4 is 0 Å². The van der Waals surface area contributed by atoms with Crippen molar-refractivity contribution in [3.8, 4) is 44.8 Å². The SMILES string of the molecule is [2H]C([2H])([2H])c1ccc(-c2cnc(C([2H])([2H])C(C)(C)C)cn2)[c-]n1.[2H]C([2H])([2H])c1cnc(-c2[c-]ccc3c2oc2cc(-c4ccccc4)ccc23)cc1-c1ccc(C2([2H])CCC(C)(C)CC2)cc1C([2H])([2H])[2H].[Ir]. The van der Waals surface area contributed by atoms with Gasteiger partial charge in [-0.05, 0) is 125 Å². The maximum Gasteiger partial charge on any atom is 0.121 e. The first kappa shape index (κ1) is 29.9. The number of hydrogen-bond donors (Lipinski definition) is 0. The molecule has 5 nitrogen and oxygen atoms in total. The maximum atomic E-state index is 9.29. The Morgan fingerprint density at radius 2 is 1.58 bits per heavy atom. The smallest absolute Gasteiger partial charge is 0.121 e. The first-order valence-electron chi connectivity index (χ1n) is 25.9. The molecule has 0 saturated heterocycles. The van der Waals surface area contributed by atoms with E-state index in [-0.39, 0.29) is 59.2 Å². The molecule has 0 N–H and O–H groups in total. The van der Waals surface area contributed by atoms with Gasteiger partial charge in [0.25, 0.3) is 0 Å². The molecule has 0 aliphatic heterocycles. The van der Waals surface area contributed by atoms with Gasteiger partial charge in [-0.2, -0.15) is 0 Å². The Hall–Kier alpha value is -5.29. The van der Waals surface area contributed by atoms with Gasteiger partial charge in [0.1, 0.15) is 5.58 Å². The van der Waals surface area contributed by atoms with Gasteiger partial charge < -0.3 is 19.4 Å². The number of aryl methyl sites for hydroxylation is 3. The summed E-state index contributed by atoms with van der Waals surface area (Å²) in [4.78, 5) is 16.8. The summed E-state index contributed by atoms with van der Waals surface area (Å²) in [6, 6.07) is 32.8. The third-order valence-electron chi connectivity index (χ3n) is 10.8. The second-order valence-corrected chi connectivity index (χ2v) is 16.9. The number of hydrogen-bond acceptors (Lipinski definition) is 5. The summed E-state index contributed by atoms with van der Waals surface area (Å²) in [5.74, 6) is -0.906. The van der Waals surface area contributed by atoms with Crippen LogP contribution in [0, 0.1) is 43.6 Å². The van der Waals surface area contributed by atoms with Crippen molar-refractivity contribution in [1.29, 1.82) is 0 Å². The van der Waals surface area contributed by atoms with Crippen LogP contribution in [0.3, 0.4) is 0 Å². The normalized spacial score (nSPS) is 18.4. The summed E-state index contributed by atoms with van der Waals surface area (Å²) in [5, 5.41) is 1.79. The van der Waals surface area contributed by atoms with Crippen molar-refractivity contribution < 1.29 is 41.0 Å². The molecule has 9 rings (SSSR count). The van der Waals surface area contributed by atoms with Crippen LogP contribution >= 0.6 is 0 Å². The molecule has 0 atom stereocenters. The minimum Gasteiger partial charge on any atom is -0.501 e. The van der Waals surface area contributed by atoms with Gasteiger partial charge in [-0.25, -0.2) is 0 Å². The van der Waals surface area contributed by atoms with E-state index < -0.39 is 38.2 Å². The molecule has 4 aromatic carbocycles. The zero-order valence-corrected chi connectivity index (χ0v) is 36.7. The van der Waals surface area contributed by atoms with Gasteiger partial charge in [0.05, 0.1) is 11.3 Å². The minimum atomic E-state index is -2.56. The van der Waals surface area contributed by atoms with Crippen molar-refractivity contribution in [2.45, 2.75) is 93.1 Å². The Kier molecular flexibility index (Phi) is 8.83. The third kappa shape index (κ3) is 9.67. The fourth-order valence-electron chi connectivity index (χ4n) is 7.49. The van der Waals surface area contributed by atoms with E-state index in [1.54, 1.807) is 57.2 Å². The Bertz CT molecular complexity index is 3200. The summed E-state index contributed by atoms with van der Waals surface area (Å²) >= 11 is 0. The largest absolute Gasteiger partial charge is 0.501 e. The van der Waals surface area contributed by atoms with E-state index in [2.05, 4.69) is 52.1 Å². The average molecular weight is 979 g/mol. The summed E-state index contributed by atoms with van der Waals surface area (Å²) in [7, 11) is 0. The van der Waals surface area contributed by atoms with Crippen LogP contribution in [0.4, 0.5) is 0 Å². The summed E-state index contributed by atoms with van der Waals surface area (Å²) in [6.07, 6.45) is 8.17. The first-order valence-corrected chi connectivity index (χ1v) is 19.9. The van der Waals surface area contributed by atoms with E-state index >= 15 is 0 Å². The second-order valence-electron chi connectivity index (χ2n) is 16.9.